The van der Waals surface area contributed by atoms with Gasteiger partial charge in [0.1, 0.15) is 5.58 Å². The van der Waals surface area contributed by atoms with Crippen molar-refractivity contribution in [2.45, 2.75) is 12.5 Å². The lowest BCUT2D eigenvalue weighted by Gasteiger charge is -2.31. The summed E-state index contributed by atoms with van der Waals surface area (Å²) in [4.78, 5) is 15.3. The highest BCUT2D eigenvalue weighted by Crippen LogP contribution is 2.50. The van der Waals surface area contributed by atoms with Crippen molar-refractivity contribution in [3.05, 3.63) is 93.3 Å². The molecule has 1 aromatic heterocycles. The Morgan fingerprint density at radius 1 is 1.00 bits per heavy atom. The Morgan fingerprint density at radius 2 is 1.81 bits per heavy atom. The molecule has 3 heterocycles. The highest BCUT2D eigenvalue weighted by Gasteiger charge is 2.35. The van der Waals surface area contributed by atoms with Gasteiger partial charge in [0.2, 0.25) is 0 Å². The van der Waals surface area contributed by atoms with Crippen LogP contribution in [0.15, 0.2) is 80.1 Å². The number of rotatable bonds is 2. The van der Waals surface area contributed by atoms with Crippen molar-refractivity contribution in [3.8, 4) is 0 Å². The Bertz CT molecular complexity index is 1430. The number of anilines is 3. The lowest BCUT2D eigenvalue weighted by Crippen LogP contribution is -2.23. The van der Waals surface area contributed by atoms with E-state index in [2.05, 4.69) is 44.7 Å². The van der Waals surface area contributed by atoms with Gasteiger partial charge in [0.15, 0.2) is 0 Å². The minimum Gasteiger partial charge on any atom is -0.422 e. The number of hydrogen-bond donors (Lipinski definition) is 1. The summed E-state index contributed by atoms with van der Waals surface area (Å²) in [5, 5.41) is 13.0. The van der Waals surface area contributed by atoms with Gasteiger partial charge in [-0.15, -0.1) is 0 Å². The van der Waals surface area contributed by atoms with Crippen LogP contribution in [0.3, 0.4) is 0 Å². The summed E-state index contributed by atoms with van der Waals surface area (Å²) in [7, 11) is 4.03. The summed E-state index contributed by atoms with van der Waals surface area (Å²) in [5.41, 5.74) is 7.80. The molecule has 2 aliphatic heterocycles. The summed E-state index contributed by atoms with van der Waals surface area (Å²) >= 11 is 0. The van der Waals surface area contributed by atoms with E-state index in [4.69, 9.17) is 4.42 Å². The number of benzene rings is 3. The van der Waals surface area contributed by atoms with Gasteiger partial charge in [0.25, 0.3) is 0 Å². The molecule has 0 fully saturated rings. The fraction of sp³-hybridized carbons (Fsp3) is 0.160. The lowest BCUT2D eigenvalue weighted by molar-refractivity contribution is 0.548. The SMILES string of the molecule is CN(C)c1ccc(C2c3c(ccc4c3CN=N4)Nc3c2c(=O)oc2ccccc32)cc1. The summed E-state index contributed by atoms with van der Waals surface area (Å²) < 4.78 is 5.76. The predicted molar refractivity (Wildman–Crippen MR) is 122 cm³/mol. The Labute approximate surface area is 178 Å². The molecule has 0 bridgehead atoms. The molecule has 3 aromatic carbocycles. The minimum absolute atomic E-state index is 0.262. The van der Waals surface area contributed by atoms with Crippen LogP contribution in [0.5, 0.6) is 0 Å². The van der Waals surface area contributed by atoms with Crippen molar-refractivity contribution in [2.75, 3.05) is 24.3 Å². The number of fused-ring (bicyclic) bond motifs is 6. The number of nitrogens with one attached hydrogen (secondary N) is 1. The number of nitrogens with zero attached hydrogens (tertiary/aromatic N) is 3. The fourth-order valence-corrected chi connectivity index (χ4v) is 4.67. The van der Waals surface area contributed by atoms with Gasteiger partial charge in [-0.1, -0.05) is 24.3 Å². The Morgan fingerprint density at radius 3 is 2.61 bits per heavy atom. The van der Waals surface area contributed by atoms with Gasteiger partial charge in [0, 0.05) is 42.3 Å². The molecule has 1 unspecified atom stereocenters. The topological polar surface area (TPSA) is 70.2 Å². The molecule has 0 saturated carbocycles. The second-order valence-electron chi connectivity index (χ2n) is 8.14. The van der Waals surface area contributed by atoms with Crippen molar-refractivity contribution >= 4 is 33.7 Å². The lowest BCUT2D eigenvalue weighted by atomic mass is 9.78. The predicted octanol–water partition coefficient (Wildman–Crippen LogP) is 5.69. The standard InChI is InChI=1S/C25H20N4O2/c1-29(2)15-9-7-14(8-10-15)21-22-17-13-26-28-18(17)11-12-19(22)27-24-16-5-3-4-6-20(16)31-25(30)23(21)24/h3-12,21,27H,13H2,1-2H3. The third kappa shape index (κ3) is 2.61. The van der Waals surface area contributed by atoms with E-state index < -0.39 is 0 Å². The van der Waals surface area contributed by atoms with Gasteiger partial charge in [-0.2, -0.15) is 10.2 Å². The first-order valence-electron chi connectivity index (χ1n) is 10.2. The fourth-order valence-electron chi connectivity index (χ4n) is 4.67. The third-order valence-corrected chi connectivity index (χ3v) is 6.17. The second-order valence-corrected chi connectivity index (χ2v) is 8.14. The smallest absolute Gasteiger partial charge is 0.342 e. The molecule has 1 atom stereocenters. The Kier molecular flexibility index (Phi) is 3.77. The molecule has 4 aromatic rings. The van der Waals surface area contributed by atoms with Crippen molar-refractivity contribution in [1.82, 2.24) is 0 Å². The second kappa shape index (κ2) is 6.54. The van der Waals surface area contributed by atoms with E-state index >= 15 is 0 Å². The molecule has 6 heteroatoms. The van der Waals surface area contributed by atoms with Gasteiger partial charge in [-0.25, -0.2) is 4.79 Å². The van der Waals surface area contributed by atoms with Crippen LogP contribution in [-0.4, -0.2) is 14.1 Å². The molecule has 152 valence electrons. The molecule has 0 amide bonds. The van der Waals surface area contributed by atoms with Gasteiger partial charge in [-0.05, 0) is 47.5 Å². The maximum Gasteiger partial charge on any atom is 0.342 e. The number of hydrogen-bond acceptors (Lipinski definition) is 6. The van der Waals surface area contributed by atoms with Crippen molar-refractivity contribution < 1.29 is 4.42 Å². The molecular formula is C25H20N4O2. The zero-order valence-corrected chi connectivity index (χ0v) is 17.2. The normalized spacial score (nSPS) is 15.9. The first-order chi connectivity index (χ1) is 15.1. The monoisotopic (exact) mass is 408 g/mol. The van der Waals surface area contributed by atoms with E-state index in [0.29, 0.717) is 17.7 Å². The van der Waals surface area contributed by atoms with Crippen LogP contribution < -0.4 is 15.8 Å². The van der Waals surface area contributed by atoms with E-state index in [1.165, 1.54) is 0 Å². The van der Waals surface area contributed by atoms with Crippen molar-refractivity contribution in [3.63, 3.8) is 0 Å². The molecule has 0 spiro atoms. The molecule has 6 rings (SSSR count). The largest absolute Gasteiger partial charge is 0.422 e. The van der Waals surface area contributed by atoms with Crippen LogP contribution in [0.25, 0.3) is 11.0 Å². The van der Waals surface area contributed by atoms with Crippen molar-refractivity contribution in [2.24, 2.45) is 10.2 Å². The zero-order valence-electron chi connectivity index (χ0n) is 17.2. The third-order valence-electron chi connectivity index (χ3n) is 6.17. The molecule has 0 saturated heterocycles. The highest BCUT2D eigenvalue weighted by atomic mass is 16.4. The van der Waals surface area contributed by atoms with E-state index in [1.54, 1.807) is 0 Å². The van der Waals surface area contributed by atoms with E-state index in [-0.39, 0.29) is 11.5 Å². The number of para-hydroxylation sites is 1. The Balaban J connectivity index is 1.67. The molecular weight excluding hydrogens is 388 g/mol. The maximum atomic E-state index is 13.3. The molecule has 0 radical (unpaired) electrons. The molecule has 2 aliphatic rings. The Hall–Kier alpha value is -3.93. The molecule has 6 nitrogen and oxygen atoms in total. The van der Waals surface area contributed by atoms with Gasteiger partial charge in [0.05, 0.1) is 23.5 Å². The number of azo groups is 1. The summed E-state index contributed by atoms with van der Waals surface area (Å²) in [6.07, 6.45) is 0. The summed E-state index contributed by atoms with van der Waals surface area (Å²) in [6, 6.07) is 20.0. The van der Waals surface area contributed by atoms with Crippen LogP contribution in [0.4, 0.5) is 22.7 Å². The average molecular weight is 408 g/mol. The minimum atomic E-state index is -0.321. The summed E-state index contributed by atoms with van der Waals surface area (Å²) in [5.74, 6) is -0.262. The first-order valence-corrected chi connectivity index (χ1v) is 10.2. The van der Waals surface area contributed by atoms with Crippen LogP contribution >= 0.6 is 0 Å². The summed E-state index contributed by atoms with van der Waals surface area (Å²) in [6.45, 7) is 0.515. The molecule has 1 N–H and O–H groups in total. The van der Waals surface area contributed by atoms with Crippen LogP contribution in [0.1, 0.15) is 28.2 Å². The maximum absolute atomic E-state index is 13.3. The van der Waals surface area contributed by atoms with Gasteiger partial charge in [-0.3, -0.25) is 0 Å². The molecule has 31 heavy (non-hydrogen) atoms. The average Bonchev–Trinajstić information content (AvgIpc) is 3.27. The highest BCUT2D eigenvalue weighted by molar-refractivity contribution is 5.96. The van der Waals surface area contributed by atoms with Crippen LogP contribution in [0.2, 0.25) is 0 Å². The first kappa shape index (κ1) is 17.9. The van der Waals surface area contributed by atoms with Gasteiger partial charge >= 0.3 is 5.63 Å². The quantitative estimate of drug-likeness (QED) is 0.381. The molecule has 0 aliphatic carbocycles. The van der Waals surface area contributed by atoms with E-state index in [1.807, 2.05) is 50.5 Å². The van der Waals surface area contributed by atoms with E-state index in [0.717, 1.165) is 44.8 Å². The van der Waals surface area contributed by atoms with E-state index in [9.17, 15) is 4.79 Å². The van der Waals surface area contributed by atoms with Crippen LogP contribution in [-0.2, 0) is 6.54 Å². The zero-order chi connectivity index (χ0) is 21.1. The van der Waals surface area contributed by atoms with Crippen LogP contribution in [0, 0.1) is 0 Å². The van der Waals surface area contributed by atoms with Gasteiger partial charge < -0.3 is 14.6 Å². The van der Waals surface area contributed by atoms with Crippen molar-refractivity contribution in [1.29, 1.82) is 0 Å².